The third-order valence-corrected chi connectivity index (χ3v) is 5.23. The SMILES string of the molecule is CCOC(=O)C(C)OP(CCNCc1ccc(C)cc1)OC.c1ccccc1. The van der Waals surface area contributed by atoms with Crippen molar-refractivity contribution in [2.75, 3.05) is 26.4 Å². The number of carbonyl (C=O) groups excluding carboxylic acids is 1. The molecule has 2 rings (SSSR count). The van der Waals surface area contributed by atoms with E-state index < -0.39 is 14.5 Å². The van der Waals surface area contributed by atoms with E-state index in [0.717, 1.165) is 19.3 Å². The number of esters is 1. The van der Waals surface area contributed by atoms with Gasteiger partial charge in [0.25, 0.3) is 0 Å². The van der Waals surface area contributed by atoms with Crippen molar-refractivity contribution >= 4 is 14.3 Å². The highest BCUT2D eigenvalue weighted by Gasteiger charge is 2.20. The maximum absolute atomic E-state index is 11.5. The predicted molar refractivity (Wildman–Crippen MR) is 115 cm³/mol. The van der Waals surface area contributed by atoms with Gasteiger partial charge in [0.2, 0.25) is 0 Å². The van der Waals surface area contributed by atoms with Crippen LogP contribution >= 0.6 is 8.38 Å². The number of ether oxygens (including phenoxy) is 1. The first-order valence-corrected chi connectivity index (χ1v) is 10.8. The number of carbonyl (C=O) groups is 1. The van der Waals surface area contributed by atoms with Gasteiger partial charge in [0.15, 0.2) is 14.5 Å². The Morgan fingerprint density at radius 2 is 1.64 bits per heavy atom. The lowest BCUT2D eigenvalue weighted by Crippen LogP contribution is -2.23. The molecule has 0 heterocycles. The highest BCUT2D eigenvalue weighted by atomic mass is 31.2. The summed E-state index contributed by atoms with van der Waals surface area (Å²) in [5.74, 6) is -0.348. The van der Waals surface area contributed by atoms with Gasteiger partial charge in [-0.3, -0.25) is 0 Å². The standard InChI is InChI=1S/C16H26NO4P.C6H6/c1-5-20-16(18)14(3)21-22(19-4)11-10-17-12-15-8-6-13(2)7-9-15;1-2-4-6-5-3-1/h6-9,14,17H,5,10-12H2,1-4H3;1-6H. The average molecular weight is 405 g/mol. The first-order chi connectivity index (χ1) is 13.6. The van der Waals surface area contributed by atoms with Gasteiger partial charge in [0.1, 0.15) is 0 Å². The maximum Gasteiger partial charge on any atom is 0.335 e. The molecule has 2 unspecified atom stereocenters. The summed E-state index contributed by atoms with van der Waals surface area (Å²) >= 11 is 0. The zero-order valence-electron chi connectivity index (χ0n) is 17.3. The molecule has 0 amide bonds. The molecule has 0 saturated carbocycles. The van der Waals surface area contributed by atoms with Gasteiger partial charge in [-0.25, -0.2) is 4.79 Å². The van der Waals surface area contributed by atoms with Crippen LogP contribution in [0.1, 0.15) is 25.0 Å². The van der Waals surface area contributed by atoms with Crippen LogP contribution in [0.25, 0.3) is 0 Å². The fourth-order valence-corrected chi connectivity index (χ4v) is 3.31. The highest BCUT2D eigenvalue weighted by molar-refractivity contribution is 7.47. The van der Waals surface area contributed by atoms with Crippen LogP contribution in [0, 0.1) is 6.92 Å². The lowest BCUT2D eigenvalue weighted by atomic mass is 10.1. The van der Waals surface area contributed by atoms with Gasteiger partial charge in [-0.2, -0.15) is 0 Å². The van der Waals surface area contributed by atoms with Crippen molar-refractivity contribution in [2.24, 2.45) is 0 Å². The summed E-state index contributed by atoms with van der Waals surface area (Å²) < 4.78 is 15.8. The third-order valence-electron chi connectivity index (χ3n) is 3.69. The first-order valence-electron chi connectivity index (χ1n) is 9.48. The van der Waals surface area contributed by atoms with Crippen molar-refractivity contribution in [2.45, 2.75) is 33.4 Å². The topological polar surface area (TPSA) is 56.8 Å². The fraction of sp³-hybridized carbons (Fsp3) is 0.409. The second kappa shape index (κ2) is 15.2. The Balaban J connectivity index is 0.000000552. The Labute approximate surface area is 170 Å². The average Bonchev–Trinajstić information content (AvgIpc) is 2.73. The number of rotatable bonds is 10. The summed E-state index contributed by atoms with van der Waals surface area (Å²) in [4.78, 5) is 11.5. The largest absolute Gasteiger partial charge is 0.464 e. The van der Waals surface area contributed by atoms with E-state index in [1.165, 1.54) is 11.1 Å². The Kier molecular flexibility index (Phi) is 13.2. The number of benzene rings is 2. The molecule has 0 bridgehead atoms. The normalized spacial score (nSPS) is 12.4. The first kappa shape index (κ1) is 24.3. The van der Waals surface area contributed by atoms with Crippen LogP contribution in [0.5, 0.6) is 0 Å². The van der Waals surface area contributed by atoms with Crippen LogP contribution in [-0.4, -0.2) is 38.5 Å². The molecule has 0 aliphatic rings. The predicted octanol–water partition coefficient (Wildman–Crippen LogP) is 4.70. The van der Waals surface area contributed by atoms with Gasteiger partial charge in [0, 0.05) is 26.4 Å². The van der Waals surface area contributed by atoms with E-state index in [0.29, 0.717) is 6.61 Å². The summed E-state index contributed by atoms with van der Waals surface area (Å²) in [6.07, 6.45) is 0.129. The molecule has 154 valence electrons. The van der Waals surface area contributed by atoms with Crippen molar-refractivity contribution in [3.8, 4) is 0 Å². The Bertz CT molecular complexity index is 610. The Morgan fingerprint density at radius 3 is 2.14 bits per heavy atom. The van der Waals surface area contributed by atoms with Crippen LogP contribution in [0.4, 0.5) is 0 Å². The molecule has 0 aromatic heterocycles. The number of hydrogen-bond donors (Lipinski definition) is 1. The van der Waals surface area contributed by atoms with Gasteiger partial charge in [0.05, 0.1) is 6.61 Å². The van der Waals surface area contributed by atoms with E-state index >= 15 is 0 Å². The lowest BCUT2D eigenvalue weighted by Gasteiger charge is -2.19. The van der Waals surface area contributed by atoms with Crippen LogP contribution in [-0.2, 0) is 25.1 Å². The second-order valence-electron chi connectivity index (χ2n) is 6.06. The van der Waals surface area contributed by atoms with Crippen LogP contribution < -0.4 is 5.32 Å². The van der Waals surface area contributed by atoms with E-state index in [-0.39, 0.29) is 5.97 Å². The maximum atomic E-state index is 11.5. The summed E-state index contributed by atoms with van der Waals surface area (Å²) in [6, 6.07) is 20.4. The highest BCUT2D eigenvalue weighted by Crippen LogP contribution is 2.38. The number of aryl methyl sites for hydroxylation is 1. The van der Waals surface area contributed by atoms with E-state index in [9.17, 15) is 4.79 Å². The number of nitrogens with one attached hydrogen (secondary N) is 1. The molecule has 5 nitrogen and oxygen atoms in total. The summed E-state index contributed by atoms with van der Waals surface area (Å²) in [5, 5.41) is 3.35. The summed E-state index contributed by atoms with van der Waals surface area (Å²) in [5.41, 5.74) is 2.50. The molecule has 0 radical (unpaired) electrons. The lowest BCUT2D eigenvalue weighted by molar-refractivity contribution is -0.150. The van der Waals surface area contributed by atoms with Crippen molar-refractivity contribution in [3.63, 3.8) is 0 Å². The molecular formula is C22H32NO4P. The van der Waals surface area contributed by atoms with E-state index in [1.807, 2.05) is 36.4 Å². The van der Waals surface area contributed by atoms with Crippen LogP contribution in [0.2, 0.25) is 0 Å². The molecule has 0 saturated heterocycles. The molecule has 0 fully saturated rings. The van der Waals surface area contributed by atoms with Gasteiger partial charge in [-0.15, -0.1) is 0 Å². The minimum absolute atomic E-state index is 0.348. The van der Waals surface area contributed by atoms with Crippen molar-refractivity contribution in [1.82, 2.24) is 5.32 Å². The zero-order chi connectivity index (χ0) is 20.6. The Hall–Kier alpha value is -1.78. The molecule has 2 aromatic carbocycles. The van der Waals surface area contributed by atoms with Gasteiger partial charge in [-0.05, 0) is 26.3 Å². The minimum atomic E-state index is -1.09. The summed E-state index contributed by atoms with van der Waals surface area (Å²) in [6.45, 7) is 7.47. The minimum Gasteiger partial charge on any atom is -0.464 e. The zero-order valence-corrected chi connectivity index (χ0v) is 18.2. The molecule has 28 heavy (non-hydrogen) atoms. The molecule has 2 atom stereocenters. The molecule has 0 aliphatic carbocycles. The third kappa shape index (κ3) is 11.2. The fourth-order valence-electron chi connectivity index (χ4n) is 2.16. The second-order valence-corrected chi connectivity index (χ2v) is 7.74. The quantitative estimate of drug-likeness (QED) is 0.353. The summed E-state index contributed by atoms with van der Waals surface area (Å²) in [7, 11) is 0.511. The van der Waals surface area contributed by atoms with E-state index in [1.54, 1.807) is 21.0 Å². The van der Waals surface area contributed by atoms with Crippen molar-refractivity contribution in [1.29, 1.82) is 0 Å². The van der Waals surface area contributed by atoms with Crippen LogP contribution in [0.3, 0.4) is 0 Å². The van der Waals surface area contributed by atoms with Crippen molar-refractivity contribution in [3.05, 3.63) is 71.8 Å². The smallest absolute Gasteiger partial charge is 0.335 e. The van der Waals surface area contributed by atoms with Gasteiger partial charge >= 0.3 is 5.97 Å². The van der Waals surface area contributed by atoms with E-state index in [4.69, 9.17) is 13.8 Å². The monoisotopic (exact) mass is 405 g/mol. The molecule has 1 N–H and O–H groups in total. The molecule has 6 heteroatoms. The van der Waals surface area contributed by atoms with Gasteiger partial charge < -0.3 is 19.1 Å². The van der Waals surface area contributed by atoms with E-state index in [2.05, 4.69) is 36.5 Å². The molecule has 2 aromatic rings. The van der Waals surface area contributed by atoms with Crippen LogP contribution in [0.15, 0.2) is 60.7 Å². The van der Waals surface area contributed by atoms with Crippen molar-refractivity contribution < 1.29 is 18.6 Å². The molecular weight excluding hydrogens is 373 g/mol. The molecule has 0 aliphatic heterocycles. The van der Waals surface area contributed by atoms with Gasteiger partial charge in [-0.1, -0.05) is 66.2 Å². The number of hydrogen-bond acceptors (Lipinski definition) is 5. The Morgan fingerprint density at radius 1 is 1.07 bits per heavy atom. The molecule has 0 spiro atoms.